The first kappa shape index (κ1) is 31.3. The first-order chi connectivity index (χ1) is 23.1. The molecule has 0 aliphatic carbocycles. The highest BCUT2D eigenvalue weighted by molar-refractivity contribution is 7.11. The van der Waals surface area contributed by atoms with E-state index < -0.39 is 11.8 Å². The number of carbonyl (C=O) groups is 1. The van der Waals surface area contributed by atoms with Crippen molar-refractivity contribution in [2.75, 3.05) is 13.1 Å². The number of piperidine rings is 1. The molecule has 0 radical (unpaired) electrons. The third kappa shape index (κ3) is 6.22. The molecule has 0 saturated carbocycles. The fourth-order valence-corrected chi connectivity index (χ4v) is 8.12. The number of hydrogen-bond acceptors (Lipinski definition) is 8. The van der Waals surface area contributed by atoms with E-state index in [-0.39, 0.29) is 0 Å². The summed E-state index contributed by atoms with van der Waals surface area (Å²) in [4.78, 5) is 29.0. The molecule has 1 fully saturated rings. The maximum atomic E-state index is 11.0. The zero-order valence-electron chi connectivity index (χ0n) is 26.0. The first-order valence-electron chi connectivity index (χ1n) is 15.8. The summed E-state index contributed by atoms with van der Waals surface area (Å²) < 4.78 is 6.15. The summed E-state index contributed by atoms with van der Waals surface area (Å²) in [6.07, 6.45) is 1.79. The third-order valence-electron chi connectivity index (χ3n) is 9.02. The number of aliphatic imine (C=N–C) groups is 1. The van der Waals surface area contributed by atoms with Crippen molar-refractivity contribution >= 4 is 35.1 Å². The number of ether oxygens (including phenoxy) is 1. The molecule has 9 heteroatoms. The van der Waals surface area contributed by atoms with Gasteiger partial charge in [-0.15, -0.1) is 11.3 Å². The van der Waals surface area contributed by atoms with Gasteiger partial charge in [0.05, 0.1) is 26.1 Å². The Kier molecular flexibility index (Phi) is 9.18. The van der Waals surface area contributed by atoms with E-state index in [2.05, 4.69) is 113 Å². The summed E-state index contributed by atoms with van der Waals surface area (Å²) in [6.45, 7) is 4.35. The Morgan fingerprint density at radius 3 is 2.06 bits per heavy atom. The lowest BCUT2D eigenvalue weighted by Crippen LogP contribution is -2.51. The van der Waals surface area contributed by atoms with Gasteiger partial charge in [0.25, 0.3) is 0 Å². The van der Waals surface area contributed by atoms with Crippen LogP contribution < -0.4 is 10.2 Å². The van der Waals surface area contributed by atoms with E-state index in [1.165, 1.54) is 21.7 Å². The van der Waals surface area contributed by atoms with E-state index in [1.807, 2.05) is 6.07 Å². The normalized spacial score (nSPS) is 17.2. The average molecular weight is 663 g/mol. The molecule has 4 aromatic carbocycles. The monoisotopic (exact) mass is 662 g/mol. The minimum atomic E-state index is -0.869. The van der Waals surface area contributed by atoms with Gasteiger partial charge in [-0.25, -0.2) is 20.3 Å². The van der Waals surface area contributed by atoms with E-state index in [0.29, 0.717) is 41.0 Å². The SMILES string of the molecule is Cc1nc(C2CCN(C(c3ccccc3)(c3ccccc3)c3ccccc3)CC2)sc1COc1ccc(C2=NC(C=O)ON2)c(Cl)c1. The van der Waals surface area contributed by atoms with E-state index >= 15 is 0 Å². The summed E-state index contributed by atoms with van der Waals surface area (Å²) in [5.74, 6) is 1.45. The van der Waals surface area contributed by atoms with Crippen molar-refractivity contribution < 1.29 is 14.4 Å². The van der Waals surface area contributed by atoms with Gasteiger partial charge >= 0.3 is 0 Å². The van der Waals surface area contributed by atoms with Crippen molar-refractivity contribution in [1.82, 2.24) is 15.4 Å². The molecule has 5 aromatic rings. The van der Waals surface area contributed by atoms with E-state index in [9.17, 15) is 4.79 Å². The number of nitrogens with one attached hydrogen (secondary N) is 1. The highest BCUT2D eigenvalue weighted by Crippen LogP contribution is 2.45. The molecule has 2 aliphatic rings. The van der Waals surface area contributed by atoms with Crippen molar-refractivity contribution in [3.63, 3.8) is 0 Å². The Morgan fingerprint density at radius 2 is 1.53 bits per heavy atom. The zero-order chi connectivity index (χ0) is 32.2. The fourth-order valence-electron chi connectivity index (χ4n) is 6.71. The maximum absolute atomic E-state index is 11.0. The van der Waals surface area contributed by atoms with Gasteiger partial charge in [-0.05, 0) is 54.7 Å². The number of carbonyl (C=O) groups excluding carboxylic acids is 1. The smallest absolute Gasteiger partial charge is 0.232 e. The van der Waals surface area contributed by atoms with Gasteiger partial charge in [-0.2, -0.15) is 0 Å². The lowest BCUT2D eigenvalue weighted by Gasteiger charge is -2.48. The Hall–Kier alpha value is -4.34. The van der Waals surface area contributed by atoms with Crippen LogP contribution in [0.25, 0.3) is 0 Å². The number of hydroxylamine groups is 1. The summed E-state index contributed by atoms with van der Waals surface area (Å²) in [6, 6.07) is 38.1. The summed E-state index contributed by atoms with van der Waals surface area (Å²) >= 11 is 8.27. The van der Waals surface area contributed by atoms with Gasteiger partial charge in [-0.1, -0.05) is 103 Å². The average Bonchev–Trinajstić information content (AvgIpc) is 3.76. The number of amidine groups is 1. The van der Waals surface area contributed by atoms with Crippen LogP contribution in [-0.2, 0) is 21.8 Å². The van der Waals surface area contributed by atoms with Crippen molar-refractivity contribution in [1.29, 1.82) is 0 Å². The number of nitrogens with zero attached hydrogens (tertiary/aromatic N) is 3. The minimum absolute atomic E-state index is 0.384. The number of aryl methyl sites for hydroxylation is 1. The topological polar surface area (TPSA) is 76.0 Å². The number of hydrogen-bond donors (Lipinski definition) is 1. The second-order valence-electron chi connectivity index (χ2n) is 11.8. The molecular weight excluding hydrogens is 628 g/mol. The number of thiazole rings is 1. The van der Waals surface area contributed by atoms with Crippen LogP contribution >= 0.6 is 22.9 Å². The molecule has 1 atom stereocenters. The van der Waals surface area contributed by atoms with Crippen molar-refractivity contribution in [2.24, 2.45) is 4.99 Å². The second kappa shape index (κ2) is 13.8. The van der Waals surface area contributed by atoms with E-state index in [1.54, 1.807) is 23.5 Å². The molecule has 238 valence electrons. The Bertz CT molecular complexity index is 1760. The van der Waals surface area contributed by atoms with Crippen LogP contribution in [0.4, 0.5) is 0 Å². The number of halogens is 1. The fraction of sp³-hybridized carbons (Fsp3) is 0.237. The van der Waals surface area contributed by atoms with E-state index in [4.69, 9.17) is 26.2 Å². The molecule has 0 amide bonds. The lowest BCUT2D eigenvalue weighted by molar-refractivity contribution is -0.118. The molecule has 0 bridgehead atoms. The molecule has 3 heterocycles. The predicted molar refractivity (Wildman–Crippen MR) is 186 cm³/mol. The molecule has 7 rings (SSSR count). The van der Waals surface area contributed by atoms with Gasteiger partial charge < -0.3 is 4.74 Å². The first-order valence-corrected chi connectivity index (χ1v) is 17.0. The van der Waals surface area contributed by atoms with Crippen molar-refractivity contribution in [3.8, 4) is 5.75 Å². The van der Waals surface area contributed by atoms with Crippen LogP contribution in [0.1, 0.15) is 56.6 Å². The zero-order valence-corrected chi connectivity index (χ0v) is 27.6. The molecule has 1 saturated heterocycles. The highest BCUT2D eigenvalue weighted by atomic mass is 35.5. The molecule has 47 heavy (non-hydrogen) atoms. The Morgan fingerprint density at radius 1 is 0.936 bits per heavy atom. The number of aldehydes is 1. The maximum Gasteiger partial charge on any atom is 0.232 e. The van der Waals surface area contributed by atoms with E-state index in [0.717, 1.165) is 36.5 Å². The van der Waals surface area contributed by atoms with Gasteiger partial charge in [0.2, 0.25) is 6.23 Å². The molecule has 1 N–H and O–H groups in total. The highest BCUT2D eigenvalue weighted by Gasteiger charge is 2.43. The van der Waals surface area contributed by atoms with Crippen molar-refractivity contribution in [2.45, 2.75) is 44.1 Å². The van der Waals surface area contributed by atoms with Crippen LogP contribution in [0.2, 0.25) is 5.02 Å². The van der Waals surface area contributed by atoms with Gasteiger partial charge in [0.1, 0.15) is 12.4 Å². The molecule has 1 aromatic heterocycles. The van der Waals surface area contributed by atoms with Crippen LogP contribution in [0, 0.1) is 6.92 Å². The summed E-state index contributed by atoms with van der Waals surface area (Å²) in [5.41, 5.74) is 7.73. The van der Waals surface area contributed by atoms with Crippen molar-refractivity contribution in [3.05, 3.63) is 152 Å². The Balaban J connectivity index is 1.08. The number of rotatable bonds is 10. The lowest BCUT2D eigenvalue weighted by atomic mass is 9.74. The van der Waals surface area contributed by atoms with Gasteiger partial charge in [-0.3, -0.25) is 9.69 Å². The van der Waals surface area contributed by atoms with Crippen LogP contribution in [0.5, 0.6) is 5.75 Å². The summed E-state index contributed by atoms with van der Waals surface area (Å²) in [5, 5.41) is 1.63. The number of likely N-dealkylation sites (tertiary alicyclic amines) is 1. The van der Waals surface area contributed by atoms with Crippen LogP contribution in [0.3, 0.4) is 0 Å². The third-order valence-corrected chi connectivity index (χ3v) is 10.6. The standard InChI is InChI=1S/C38H35ClN4O3S/c1-26-34(25-45-31-17-18-32(33(39)23-31)36-41-35(24-44)46-42-36)47-37(40-26)27-19-21-43(22-20-27)38(28-11-5-2-6-12-28,29-13-7-3-8-14-29)30-15-9-4-10-16-30/h2-18,23-24,27,35H,19-22,25H2,1H3,(H,41,42). The minimum Gasteiger partial charge on any atom is -0.488 e. The Labute approximate surface area is 283 Å². The second-order valence-corrected chi connectivity index (χ2v) is 13.3. The van der Waals surface area contributed by atoms with Crippen LogP contribution in [0.15, 0.2) is 114 Å². The molecule has 7 nitrogen and oxygen atoms in total. The predicted octanol–water partition coefficient (Wildman–Crippen LogP) is 7.66. The van der Waals surface area contributed by atoms with Crippen LogP contribution in [-0.4, -0.2) is 41.3 Å². The van der Waals surface area contributed by atoms with Gasteiger partial charge in [0, 0.05) is 24.6 Å². The quantitative estimate of drug-likeness (QED) is 0.122. The summed E-state index contributed by atoms with van der Waals surface area (Å²) in [7, 11) is 0. The molecule has 1 unspecified atom stereocenters. The number of aromatic nitrogens is 1. The molecule has 2 aliphatic heterocycles. The number of benzene rings is 4. The largest absolute Gasteiger partial charge is 0.488 e. The molecule has 0 spiro atoms. The molecular formula is C38H35ClN4O3S. The van der Waals surface area contributed by atoms with Gasteiger partial charge in [0.15, 0.2) is 12.1 Å².